The van der Waals surface area contributed by atoms with E-state index in [4.69, 9.17) is 0 Å². The van der Waals surface area contributed by atoms with Crippen LogP contribution in [0.3, 0.4) is 0 Å². The van der Waals surface area contributed by atoms with Crippen molar-refractivity contribution in [3.05, 3.63) is 16.6 Å². The fourth-order valence-corrected chi connectivity index (χ4v) is 4.20. The maximum Gasteiger partial charge on any atom is 0.106 e. The number of hydrogen-bond donors (Lipinski definition) is 1. The molecule has 3 heteroatoms. The van der Waals surface area contributed by atoms with Gasteiger partial charge >= 0.3 is 0 Å². The van der Waals surface area contributed by atoms with E-state index in [1.54, 1.807) is 11.3 Å². The molecular formula is C14H22N2S. The largest absolute Gasteiger partial charge is 0.308 e. The average molecular weight is 250 g/mol. The third-order valence-corrected chi connectivity index (χ3v) is 5.34. The summed E-state index contributed by atoms with van der Waals surface area (Å²) in [5, 5.41) is 7.00. The zero-order valence-corrected chi connectivity index (χ0v) is 11.2. The Hall–Kier alpha value is -0.410. The fraction of sp³-hybridized carbons (Fsp3) is 0.786. The monoisotopic (exact) mass is 250 g/mol. The average Bonchev–Trinajstić information content (AvgIpc) is 2.89. The number of thiazole rings is 1. The maximum absolute atomic E-state index is 4.34. The van der Waals surface area contributed by atoms with Gasteiger partial charge in [-0.3, -0.25) is 0 Å². The molecule has 94 valence electrons. The van der Waals surface area contributed by atoms with Crippen LogP contribution >= 0.6 is 11.3 Å². The van der Waals surface area contributed by atoms with Crippen LogP contribution in [0.4, 0.5) is 0 Å². The molecule has 0 radical (unpaired) electrons. The topological polar surface area (TPSA) is 24.9 Å². The first-order valence-corrected chi connectivity index (χ1v) is 7.91. The van der Waals surface area contributed by atoms with E-state index in [2.05, 4.69) is 15.7 Å². The van der Waals surface area contributed by atoms with Crippen molar-refractivity contribution in [2.24, 2.45) is 11.8 Å². The van der Waals surface area contributed by atoms with Crippen LogP contribution < -0.4 is 5.32 Å². The van der Waals surface area contributed by atoms with Gasteiger partial charge in [0, 0.05) is 24.2 Å². The Morgan fingerprint density at radius 2 is 2.06 bits per heavy atom. The summed E-state index contributed by atoms with van der Waals surface area (Å²) >= 11 is 1.76. The molecule has 0 spiro atoms. The van der Waals surface area contributed by atoms with E-state index in [0.717, 1.165) is 24.4 Å². The standard InChI is InChI=1S/C14H22N2S/c1-2-4-12-9-13(6-5-11(12)3-1)16-10-14-15-7-8-17-14/h7-8,11-13,16H,1-6,9-10H2. The van der Waals surface area contributed by atoms with Crippen LogP contribution in [-0.2, 0) is 6.54 Å². The molecule has 1 aromatic heterocycles. The lowest BCUT2D eigenvalue weighted by molar-refractivity contribution is 0.143. The van der Waals surface area contributed by atoms with E-state index in [1.165, 1.54) is 50.0 Å². The summed E-state index contributed by atoms with van der Waals surface area (Å²) < 4.78 is 0. The zero-order chi connectivity index (χ0) is 11.5. The third kappa shape index (κ3) is 2.89. The second kappa shape index (κ2) is 5.49. The minimum absolute atomic E-state index is 0.748. The SMILES string of the molecule is c1csc(CNC2CCC3CCCCC3C2)n1. The van der Waals surface area contributed by atoms with Crippen LogP contribution in [0.2, 0.25) is 0 Å². The predicted molar refractivity (Wildman–Crippen MR) is 72.0 cm³/mol. The van der Waals surface area contributed by atoms with E-state index >= 15 is 0 Å². The van der Waals surface area contributed by atoms with Gasteiger partial charge < -0.3 is 5.32 Å². The molecule has 0 bridgehead atoms. The first-order chi connectivity index (χ1) is 8.42. The van der Waals surface area contributed by atoms with Gasteiger partial charge in [0.25, 0.3) is 0 Å². The second-order valence-corrected chi connectivity index (χ2v) is 6.60. The molecule has 2 saturated carbocycles. The molecule has 3 rings (SSSR count). The van der Waals surface area contributed by atoms with Crippen molar-refractivity contribution in [2.75, 3.05) is 0 Å². The minimum Gasteiger partial charge on any atom is -0.308 e. The van der Waals surface area contributed by atoms with E-state index in [9.17, 15) is 0 Å². The van der Waals surface area contributed by atoms with Crippen molar-refractivity contribution in [3.8, 4) is 0 Å². The summed E-state index contributed by atoms with van der Waals surface area (Å²) in [5.41, 5.74) is 0. The Labute approximate surface area is 108 Å². The molecule has 1 heterocycles. The van der Waals surface area contributed by atoms with Crippen molar-refractivity contribution < 1.29 is 0 Å². The molecule has 17 heavy (non-hydrogen) atoms. The van der Waals surface area contributed by atoms with Crippen molar-refractivity contribution in [1.29, 1.82) is 0 Å². The number of aromatic nitrogens is 1. The van der Waals surface area contributed by atoms with Crippen LogP contribution in [0.5, 0.6) is 0 Å². The van der Waals surface area contributed by atoms with Gasteiger partial charge in [-0.1, -0.05) is 25.7 Å². The lowest BCUT2D eigenvalue weighted by Gasteiger charge is -2.39. The fourth-order valence-electron chi connectivity index (χ4n) is 3.63. The Kier molecular flexibility index (Phi) is 3.77. The summed E-state index contributed by atoms with van der Waals surface area (Å²) in [6, 6.07) is 0.748. The Balaban J connectivity index is 1.48. The summed E-state index contributed by atoms with van der Waals surface area (Å²) in [4.78, 5) is 4.34. The highest BCUT2D eigenvalue weighted by molar-refractivity contribution is 7.09. The number of hydrogen-bond acceptors (Lipinski definition) is 3. The molecule has 3 unspecified atom stereocenters. The molecule has 2 nitrogen and oxygen atoms in total. The van der Waals surface area contributed by atoms with Gasteiger partial charge in [0.2, 0.25) is 0 Å². The molecule has 2 aliphatic carbocycles. The first kappa shape index (κ1) is 11.7. The second-order valence-electron chi connectivity index (χ2n) is 5.62. The van der Waals surface area contributed by atoms with Gasteiger partial charge in [-0.25, -0.2) is 4.98 Å². The number of nitrogens with one attached hydrogen (secondary N) is 1. The van der Waals surface area contributed by atoms with Crippen LogP contribution in [-0.4, -0.2) is 11.0 Å². The van der Waals surface area contributed by atoms with Gasteiger partial charge in [-0.2, -0.15) is 0 Å². The molecule has 0 aromatic carbocycles. The van der Waals surface area contributed by atoms with Crippen molar-refractivity contribution in [3.63, 3.8) is 0 Å². The predicted octanol–water partition coefficient (Wildman–Crippen LogP) is 3.59. The molecule has 0 amide bonds. The number of rotatable bonds is 3. The quantitative estimate of drug-likeness (QED) is 0.886. The summed E-state index contributed by atoms with van der Waals surface area (Å²) in [5.74, 6) is 2.08. The molecular weight excluding hydrogens is 228 g/mol. The van der Waals surface area contributed by atoms with Crippen molar-refractivity contribution in [2.45, 2.75) is 57.5 Å². The summed E-state index contributed by atoms with van der Waals surface area (Å²) in [6.07, 6.45) is 12.1. The van der Waals surface area contributed by atoms with Gasteiger partial charge in [-0.15, -0.1) is 11.3 Å². The number of fused-ring (bicyclic) bond motifs is 1. The lowest BCUT2D eigenvalue weighted by atomic mass is 9.69. The maximum atomic E-state index is 4.34. The van der Waals surface area contributed by atoms with Gasteiger partial charge in [0.05, 0.1) is 0 Å². The highest BCUT2D eigenvalue weighted by Gasteiger charge is 2.31. The molecule has 1 N–H and O–H groups in total. The van der Waals surface area contributed by atoms with Crippen LogP contribution in [0.15, 0.2) is 11.6 Å². The zero-order valence-electron chi connectivity index (χ0n) is 10.4. The van der Waals surface area contributed by atoms with Gasteiger partial charge in [0.15, 0.2) is 0 Å². The third-order valence-electron chi connectivity index (χ3n) is 4.57. The highest BCUT2D eigenvalue weighted by Crippen LogP contribution is 2.40. The van der Waals surface area contributed by atoms with Crippen LogP contribution in [0, 0.1) is 11.8 Å². The van der Waals surface area contributed by atoms with E-state index in [1.807, 2.05) is 6.20 Å². The van der Waals surface area contributed by atoms with E-state index in [-0.39, 0.29) is 0 Å². The summed E-state index contributed by atoms with van der Waals surface area (Å²) in [6.45, 7) is 0.972. The normalized spacial score (nSPS) is 33.3. The van der Waals surface area contributed by atoms with Crippen LogP contribution in [0.1, 0.15) is 50.0 Å². The smallest absolute Gasteiger partial charge is 0.106 e. The molecule has 0 aliphatic heterocycles. The molecule has 3 atom stereocenters. The Morgan fingerprint density at radius 3 is 2.88 bits per heavy atom. The molecule has 2 aliphatic rings. The van der Waals surface area contributed by atoms with E-state index in [0.29, 0.717) is 0 Å². The van der Waals surface area contributed by atoms with E-state index < -0.39 is 0 Å². The molecule has 0 saturated heterocycles. The Morgan fingerprint density at radius 1 is 1.18 bits per heavy atom. The van der Waals surface area contributed by atoms with Gasteiger partial charge in [-0.05, 0) is 31.1 Å². The van der Waals surface area contributed by atoms with Gasteiger partial charge in [0.1, 0.15) is 5.01 Å². The van der Waals surface area contributed by atoms with Crippen LogP contribution in [0.25, 0.3) is 0 Å². The van der Waals surface area contributed by atoms with Crippen molar-refractivity contribution in [1.82, 2.24) is 10.3 Å². The first-order valence-electron chi connectivity index (χ1n) is 7.03. The number of nitrogens with zero attached hydrogens (tertiary/aromatic N) is 1. The molecule has 2 fully saturated rings. The lowest BCUT2D eigenvalue weighted by Crippen LogP contribution is -2.38. The minimum atomic E-state index is 0.748. The highest BCUT2D eigenvalue weighted by atomic mass is 32.1. The molecule has 1 aromatic rings. The van der Waals surface area contributed by atoms with Crippen molar-refractivity contribution >= 4 is 11.3 Å². The Bertz CT molecular complexity index is 336. The summed E-state index contributed by atoms with van der Waals surface area (Å²) in [7, 11) is 0.